The second kappa shape index (κ2) is 36.2. The highest BCUT2D eigenvalue weighted by molar-refractivity contribution is 7.14. The fourth-order valence-corrected chi connectivity index (χ4v) is 15.3. The largest absolute Gasteiger partial charge is 0.483 e. The maximum Gasteiger partial charge on any atom is 0.318 e. The van der Waals surface area contributed by atoms with E-state index in [-0.39, 0.29) is 94.8 Å². The Hall–Kier alpha value is -13.1. The van der Waals surface area contributed by atoms with Gasteiger partial charge in [-0.3, -0.25) is 54.0 Å². The van der Waals surface area contributed by atoms with E-state index in [0.717, 1.165) is 73.6 Å². The van der Waals surface area contributed by atoms with E-state index in [4.69, 9.17) is 48.6 Å². The van der Waals surface area contributed by atoms with Gasteiger partial charge in [0.05, 0.1) is 110 Å². The van der Waals surface area contributed by atoms with Crippen molar-refractivity contribution in [2.24, 2.45) is 7.05 Å². The standard InChI is InChI=1S/C23H22FN7O3S.2C17H17N7O2S.C12H9N7OS.CH2O2/c24-16-2-1-7-25-19(16)20-17(28-21(32)18-13-35-22(29-18)14-10-26-27-11-14)12-31(30-20)15-3-5-23(6-4-15)33-8-9-34-23;2*1-3-26-12-4-11(5-12)24-8-13(15(18-2)23-24)21-16(25)14-9-27-17(22-14)10-6-19-20-7-10;1-13-10-8(5-19(2)18-10)16-11(20)9-6-21-12(17-9)7-3-14-15-4-7;2-1-3/h1-2,7,10-13,15H,3-6,8-9H2,(H,26,27)(H,28,32);2*6-9,11-12H,3-5H2,1H3,(H,19,20)(H,21,25);3-6H,2H3,(H,14,15)(H,16,20);1H,(H,2,3). The number of nitrogens with one attached hydrogen (secondary N) is 8. The van der Waals surface area contributed by atoms with Crippen molar-refractivity contribution < 1.29 is 52.4 Å². The van der Waals surface area contributed by atoms with Crippen LogP contribution in [0.2, 0.25) is 0 Å². The van der Waals surface area contributed by atoms with Gasteiger partial charge < -0.3 is 59.9 Å². The fraction of sp³-hybridized carbons (Fsp3) is 0.300. The Morgan fingerprint density at radius 2 is 0.929 bits per heavy atom. The molecule has 4 aliphatic rings. The second-order valence-corrected chi connectivity index (χ2v) is 28.5. The lowest BCUT2D eigenvalue weighted by atomic mass is 9.89. The van der Waals surface area contributed by atoms with Gasteiger partial charge in [0.25, 0.3) is 30.1 Å². The minimum atomic E-state index is -0.514. The summed E-state index contributed by atoms with van der Waals surface area (Å²) in [5, 5.41) is 70.9. The Balaban J connectivity index is 0.000000132. The third-order valence-corrected chi connectivity index (χ3v) is 21.4. The number of aryl methyl sites for hydroxylation is 1. The highest BCUT2D eigenvalue weighted by Gasteiger charge is 2.42. The first kappa shape index (κ1) is 78.1. The fourth-order valence-electron chi connectivity index (χ4n) is 12.1. The van der Waals surface area contributed by atoms with Gasteiger partial charge in [-0.15, -0.1) is 45.3 Å². The molecule has 4 amide bonds. The number of aromatic amines is 4. The van der Waals surface area contributed by atoms with Crippen LogP contribution in [0.4, 0.5) is 44.6 Å². The summed E-state index contributed by atoms with van der Waals surface area (Å²) in [4.78, 5) is 90.2. The van der Waals surface area contributed by atoms with E-state index >= 15 is 0 Å². The SMILES string of the molecule is O=C(Nc1cn(C2CCC3(CC2)OCCO3)nc1-c1ncccc1F)c1csc(-c2cn[nH]c2)n1.O=CO.[C-]#[N+]c1nn(C)cc1NC(=O)c1csc(-c2cn[nH]c2)n1.[C-]#[N+]c1nn(C2CC(OCC)C2)cc1NC(=O)c1csc(-c2cn[nH]c2)n1.[C-]#[N+]c1nn(C2CC(OCC)C2)cc1NC(=O)c1csc(-c2cn[nH]c2)n1. The predicted octanol–water partition coefficient (Wildman–Crippen LogP) is 12.4. The number of rotatable bonds is 20. The molecule has 1 saturated heterocycles. The Bertz CT molecular complexity index is 5350. The molecule has 1 spiro atoms. The maximum absolute atomic E-state index is 14.7. The molecule has 0 unspecified atom stereocenters. The first-order chi connectivity index (χ1) is 55.0. The topological polar surface area (TPSA) is 454 Å². The van der Waals surface area contributed by atoms with Gasteiger partial charge in [-0.2, -0.15) is 34.9 Å². The van der Waals surface area contributed by atoms with Crippen LogP contribution < -0.4 is 21.3 Å². The molecule has 3 aliphatic carbocycles. The number of carboxylic acid groups (broad SMARTS) is 1. The zero-order valence-corrected chi connectivity index (χ0v) is 63.3. The number of amides is 4. The van der Waals surface area contributed by atoms with E-state index in [0.29, 0.717) is 80.6 Å². The molecule has 13 aromatic rings. The van der Waals surface area contributed by atoms with Gasteiger partial charge in [-0.1, -0.05) is 19.7 Å². The van der Waals surface area contributed by atoms with Gasteiger partial charge in [-0.05, 0) is 79.8 Å². The van der Waals surface area contributed by atoms with Crippen LogP contribution >= 0.6 is 45.3 Å². The summed E-state index contributed by atoms with van der Waals surface area (Å²) in [5.74, 6) is -2.04. The number of carbonyl (C=O) groups is 5. The molecule has 43 heteroatoms. The molecule has 17 rings (SSSR count). The zero-order valence-electron chi connectivity index (χ0n) is 60.0. The van der Waals surface area contributed by atoms with Crippen LogP contribution in [-0.2, 0) is 30.8 Å². The third-order valence-electron chi connectivity index (χ3n) is 17.8. The first-order valence-electron chi connectivity index (χ1n) is 34.7. The highest BCUT2D eigenvalue weighted by atomic mass is 32.1. The molecule has 4 fully saturated rings. The number of aromatic nitrogens is 21. The van der Waals surface area contributed by atoms with Gasteiger partial charge in [0.15, 0.2) is 11.6 Å². The van der Waals surface area contributed by atoms with Crippen LogP contribution in [-0.4, -0.2) is 184 Å². The van der Waals surface area contributed by atoms with E-state index in [9.17, 15) is 23.6 Å². The summed E-state index contributed by atoms with van der Waals surface area (Å²) >= 11 is 5.40. The van der Waals surface area contributed by atoms with Gasteiger partial charge >= 0.3 is 17.5 Å². The summed E-state index contributed by atoms with van der Waals surface area (Å²) in [6.45, 7) is 28.0. The van der Waals surface area contributed by atoms with Crippen molar-refractivity contribution in [2.75, 3.05) is 47.7 Å². The van der Waals surface area contributed by atoms with Crippen molar-refractivity contribution in [2.45, 2.75) is 101 Å². The molecule has 0 atom stereocenters. The van der Waals surface area contributed by atoms with E-state index in [2.05, 4.69) is 122 Å². The van der Waals surface area contributed by atoms with E-state index in [1.54, 1.807) is 117 Å². The first-order valence-corrected chi connectivity index (χ1v) is 38.2. The van der Waals surface area contributed by atoms with Crippen molar-refractivity contribution in [3.63, 3.8) is 0 Å². The van der Waals surface area contributed by atoms with Gasteiger partial charge in [0.2, 0.25) is 0 Å². The number of nitrogens with zero attached hydrogens (tertiary/aromatic N) is 20. The van der Waals surface area contributed by atoms with Crippen molar-refractivity contribution >= 4 is 116 Å². The van der Waals surface area contributed by atoms with Crippen LogP contribution in [0, 0.1) is 25.5 Å². The molecule has 38 nitrogen and oxygen atoms in total. The summed E-state index contributed by atoms with van der Waals surface area (Å²) in [6, 6.07) is 3.29. The van der Waals surface area contributed by atoms with Crippen LogP contribution in [0.3, 0.4) is 0 Å². The highest BCUT2D eigenvalue weighted by Crippen LogP contribution is 2.43. The van der Waals surface area contributed by atoms with Crippen molar-refractivity contribution in [1.29, 1.82) is 0 Å². The lowest BCUT2D eigenvalue weighted by Crippen LogP contribution is -2.35. The Labute approximate surface area is 656 Å². The monoisotopic (exact) mass is 1610 g/mol. The average Bonchev–Trinajstić information content (AvgIpc) is 1.65. The van der Waals surface area contributed by atoms with Gasteiger partial charge in [0.1, 0.15) is 54.2 Å². The number of halogens is 1. The summed E-state index contributed by atoms with van der Waals surface area (Å²) in [6.07, 6.45) is 28.7. The third kappa shape index (κ3) is 18.7. The molecule has 9 N–H and O–H groups in total. The molecule has 14 heterocycles. The quantitative estimate of drug-likeness (QED) is 0.0253. The summed E-state index contributed by atoms with van der Waals surface area (Å²) in [5.41, 5.74) is 6.27. The van der Waals surface area contributed by atoms with E-state index < -0.39 is 17.5 Å². The normalized spacial score (nSPS) is 16.4. The number of H-pyrrole nitrogens is 4. The Kier molecular flexibility index (Phi) is 25.0. The molecule has 113 heavy (non-hydrogen) atoms. The van der Waals surface area contributed by atoms with Crippen LogP contribution in [0.5, 0.6) is 0 Å². The summed E-state index contributed by atoms with van der Waals surface area (Å²) in [7, 11) is 1.68. The molecular weight excluding hydrogens is 1540 g/mol. The molecule has 0 bridgehead atoms. The minimum Gasteiger partial charge on any atom is -0.483 e. The van der Waals surface area contributed by atoms with Crippen LogP contribution in [0.25, 0.3) is 68.2 Å². The van der Waals surface area contributed by atoms with Gasteiger partial charge in [0, 0.05) is 114 Å². The van der Waals surface area contributed by atoms with Crippen LogP contribution in [0.15, 0.2) is 114 Å². The smallest absolute Gasteiger partial charge is 0.318 e. The number of ether oxygens (including phenoxy) is 4. The maximum atomic E-state index is 14.7. The lowest BCUT2D eigenvalue weighted by molar-refractivity contribution is -0.181. The van der Waals surface area contributed by atoms with E-state index in [1.807, 2.05) is 13.8 Å². The molecule has 0 aromatic carbocycles. The van der Waals surface area contributed by atoms with Gasteiger partial charge in [-0.25, -0.2) is 29.0 Å². The number of hydrogen-bond donors (Lipinski definition) is 9. The second-order valence-electron chi connectivity index (χ2n) is 25.0. The predicted molar refractivity (Wildman–Crippen MR) is 411 cm³/mol. The number of thiazole rings is 4. The molecule has 1 aliphatic heterocycles. The number of pyridine rings is 1. The van der Waals surface area contributed by atoms with Crippen molar-refractivity contribution in [3.05, 3.63) is 177 Å². The molecular formula is C70H67FN28O10S4. The van der Waals surface area contributed by atoms with Crippen molar-refractivity contribution in [3.8, 4) is 53.7 Å². The number of hydrogen-bond acceptors (Lipinski definition) is 26. The molecule has 578 valence electrons. The number of anilines is 4. The Morgan fingerprint density at radius 1 is 0.566 bits per heavy atom. The summed E-state index contributed by atoms with van der Waals surface area (Å²) < 4.78 is 44.2. The minimum absolute atomic E-state index is 0.0663. The van der Waals surface area contributed by atoms with Crippen molar-refractivity contribution in [1.82, 2.24) is 105 Å². The molecule has 3 saturated carbocycles. The zero-order chi connectivity index (χ0) is 79.0. The van der Waals surface area contributed by atoms with E-state index in [1.165, 1.54) is 68.4 Å². The number of carbonyl (C=O) groups excluding carboxylic acids is 4. The Morgan fingerprint density at radius 3 is 1.29 bits per heavy atom. The average molecular weight is 1610 g/mol. The lowest BCUT2D eigenvalue weighted by Gasteiger charge is -2.35. The molecule has 13 aromatic heterocycles. The van der Waals surface area contributed by atoms with Crippen LogP contribution in [0.1, 0.15) is 125 Å². The molecule has 0 radical (unpaired) electrons.